The van der Waals surface area contributed by atoms with Crippen molar-refractivity contribution < 1.29 is 0 Å². The Hall–Kier alpha value is -0.820. The minimum absolute atomic E-state index is 0.597. The minimum Gasteiger partial charge on any atom is -0.310 e. The van der Waals surface area contributed by atoms with Crippen molar-refractivity contribution in [3.05, 3.63) is 34.9 Å². The summed E-state index contributed by atoms with van der Waals surface area (Å²) in [6, 6.07) is 7.26. The van der Waals surface area contributed by atoms with E-state index in [4.69, 9.17) is 0 Å². The van der Waals surface area contributed by atoms with Crippen LogP contribution in [0.15, 0.2) is 18.2 Å². The zero-order valence-electron chi connectivity index (χ0n) is 11.3. The molecule has 1 rings (SSSR count). The molecule has 0 aliphatic rings. The molecule has 0 radical (unpaired) electrons. The normalized spacial score (nSPS) is 13.1. The molecule has 0 fully saturated rings. The first kappa shape index (κ1) is 13.2. The number of hydrogen-bond acceptors (Lipinski definition) is 1. The highest BCUT2D eigenvalue weighted by atomic mass is 14.9. The monoisotopic (exact) mass is 219 g/mol. The Morgan fingerprint density at radius 3 is 2.44 bits per heavy atom. The maximum atomic E-state index is 3.60. The molecule has 1 unspecified atom stereocenters. The third kappa shape index (κ3) is 4.36. The summed E-state index contributed by atoms with van der Waals surface area (Å²) in [6.45, 7) is 12.1. The second-order valence-corrected chi connectivity index (χ2v) is 5.34. The molecule has 1 aromatic carbocycles. The summed E-state index contributed by atoms with van der Waals surface area (Å²) in [6.07, 6.45) is 1.24. The van der Waals surface area contributed by atoms with Crippen LogP contribution < -0.4 is 5.32 Å². The van der Waals surface area contributed by atoms with Gasteiger partial charge in [-0.1, -0.05) is 37.6 Å². The lowest BCUT2D eigenvalue weighted by atomic mass is 10.0. The molecular weight excluding hydrogens is 194 g/mol. The molecule has 0 aliphatic heterocycles. The fourth-order valence-corrected chi connectivity index (χ4v) is 2.07. The van der Waals surface area contributed by atoms with Gasteiger partial charge in [-0.2, -0.15) is 0 Å². The Morgan fingerprint density at radius 2 is 1.81 bits per heavy atom. The standard InChI is InChI=1S/C15H25N/c1-11(2)8-14(5)16-10-15-9-12(3)6-7-13(15)4/h6-7,9,11,14,16H,8,10H2,1-5H3. The molecule has 0 spiro atoms. The highest BCUT2D eigenvalue weighted by molar-refractivity contribution is 5.30. The highest BCUT2D eigenvalue weighted by Crippen LogP contribution is 2.11. The molecule has 1 nitrogen and oxygen atoms in total. The van der Waals surface area contributed by atoms with Gasteiger partial charge in [0.25, 0.3) is 0 Å². The van der Waals surface area contributed by atoms with Crippen LogP contribution in [0.5, 0.6) is 0 Å². The van der Waals surface area contributed by atoms with Crippen molar-refractivity contribution in [3.63, 3.8) is 0 Å². The van der Waals surface area contributed by atoms with Crippen LogP contribution in [0.2, 0.25) is 0 Å². The van der Waals surface area contributed by atoms with Crippen LogP contribution in [-0.2, 0) is 6.54 Å². The number of benzene rings is 1. The molecular formula is C15H25N. The predicted octanol–water partition coefficient (Wildman–Crippen LogP) is 3.83. The molecule has 1 aromatic rings. The van der Waals surface area contributed by atoms with Crippen molar-refractivity contribution in [2.24, 2.45) is 5.92 Å². The topological polar surface area (TPSA) is 12.0 Å². The van der Waals surface area contributed by atoms with E-state index in [1.807, 2.05) is 0 Å². The van der Waals surface area contributed by atoms with Crippen LogP contribution in [0.4, 0.5) is 0 Å². The van der Waals surface area contributed by atoms with E-state index >= 15 is 0 Å². The molecule has 90 valence electrons. The van der Waals surface area contributed by atoms with Gasteiger partial charge >= 0.3 is 0 Å². The zero-order chi connectivity index (χ0) is 12.1. The maximum Gasteiger partial charge on any atom is 0.0210 e. The third-order valence-corrected chi connectivity index (χ3v) is 2.97. The van der Waals surface area contributed by atoms with Crippen molar-refractivity contribution in [1.29, 1.82) is 0 Å². The summed E-state index contributed by atoms with van der Waals surface area (Å²) in [7, 11) is 0. The average Bonchev–Trinajstić information content (AvgIpc) is 2.18. The van der Waals surface area contributed by atoms with E-state index in [9.17, 15) is 0 Å². The fourth-order valence-electron chi connectivity index (χ4n) is 2.07. The van der Waals surface area contributed by atoms with E-state index in [2.05, 4.69) is 58.1 Å². The SMILES string of the molecule is Cc1ccc(C)c(CNC(C)CC(C)C)c1. The number of hydrogen-bond donors (Lipinski definition) is 1. The molecule has 0 aliphatic carbocycles. The molecule has 0 bridgehead atoms. The lowest BCUT2D eigenvalue weighted by molar-refractivity contribution is 0.441. The lowest BCUT2D eigenvalue weighted by Gasteiger charge is -2.17. The first-order valence-electron chi connectivity index (χ1n) is 6.28. The lowest BCUT2D eigenvalue weighted by Crippen LogP contribution is -2.27. The first-order chi connectivity index (χ1) is 7.49. The van der Waals surface area contributed by atoms with E-state index in [0.717, 1.165) is 12.5 Å². The largest absolute Gasteiger partial charge is 0.310 e. The van der Waals surface area contributed by atoms with Crippen LogP contribution >= 0.6 is 0 Å². The molecule has 1 heteroatoms. The molecule has 0 saturated carbocycles. The summed E-state index contributed by atoms with van der Waals surface area (Å²) in [4.78, 5) is 0. The maximum absolute atomic E-state index is 3.60. The van der Waals surface area contributed by atoms with Gasteiger partial charge in [0.15, 0.2) is 0 Å². The van der Waals surface area contributed by atoms with Crippen molar-refractivity contribution >= 4 is 0 Å². The van der Waals surface area contributed by atoms with Crippen molar-refractivity contribution in [3.8, 4) is 0 Å². The molecule has 1 atom stereocenters. The van der Waals surface area contributed by atoms with Crippen LogP contribution in [-0.4, -0.2) is 6.04 Å². The quantitative estimate of drug-likeness (QED) is 0.793. The van der Waals surface area contributed by atoms with Gasteiger partial charge in [-0.3, -0.25) is 0 Å². The van der Waals surface area contributed by atoms with Gasteiger partial charge in [0.05, 0.1) is 0 Å². The predicted molar refractivity (Wildman–Crippen MR) is 71.7 cm³/mol. The van der Waals surface area contributed by atoms with Crippen molar-refractivity contribution in [1.82, 2.24) is 5.32 Å². The molecule has 16 heavy (non-hydrogen) atoms. The summed E-state index contributed by atoms with van der Waals surface area (Å²) >= 11 is 0. The Balaban J connectivity index is 2.51. The van der Waals surface area contributed by atoms with E-state index in [-0.39, 0.29) is 0 Å². The summed E-state index contributed by atoms with van der Waals surface area (Å²) in [5.74, 6) is 0.765. The number of aryl methyl sites for hydroxylation is 2. The molecule has 0 amide bonds. The average molecular weight is 219 g/mol. The zero-order valence-corrected chi connectivity index (χ0v) is 11.3. The van der Waals surface area contributed by atoms with Crippen LogP contribution in [0.1, 0.15) is 43.9 Å². The first-order valence-corrected chi connectivity index (χ1v) is 6.28. The summed E-state index contributed by atoms with van der Waals surface area (Å²) in [5.41, 5.74) is 4.16. The van der Waals surface area contributed by atoms with E-state index in [0.29, 0.717) is 6.04 Å². The summed E-state index contributed by atoms with van der Waals surface area (Å²) < 4.78 is 0. The Kier molecular flexibility index (Phi) is 5.01. The number of nitrogens with one attached hydrogen (secondary N) is 1. The van der Waals surface area contributed by atoms with Gasteiger partial charge in [0.2, 0.25) is 0 Å². The Bertz CT molecular complexity index is 328. The Morgan fingerprint density at radius 1 is 1.12 bits per heavy atom. The smallest absolute Gasteiger partial charge is 0.0210 e. The molecule has 0 aromatic heterocycles. The van der Waals surface area contributed by atoms with Crippen LogP contribution in [0.3, 0.4) is 0 Å². The summed E-state index contributed by atoms with van der Waals surface area (Å²) in [5, 5.41) is 3.60. The second kappa shape index (κ2) is 6.05. The van der Waals surface area contributed by atoms with Gasteiger partial charge in [0, 0.05) is 12.6 Å². The molecule has 0 saturated heterocycles. The van der Waals surface area contributed by atoms with E-state index in [1.165, 1.54) is 23.1 Å². The molecule has 1 N–H and O–H groups in total. The van der Waals surface area contributed by atoms with Crippen LogP contribution in [0, 0.1) is 19.8 Å². The van der Waals surface area contributed by atoms with Crippen molar-refractivity contribution in [2.75, 3.05) is 0 Å². The number of rotatable bonds is 5. The van der Waals surface area contributed by atoms with Gasteiger partial charge in [-0.05, 0) is 44.2 Å². The highest BCUT2D eigenvalue weighted by Gasteiger charge is 2.05. The van der Waals surface area contributed by atoms with Crippen LogP contribution in [0.25, 0.3) is 0 Å². The third-order valence-electron chi connectivity index (χ3n) is 2.97. The van der Waals surface area contributed by atoms with E-state index < -0.39 is 0 Å². The van der Waals surface area contributed by atoms with Crippen molar-refractivity contribution in [2.45, 2.75) is 53.6 Å². The van der Waals surface area contributed by atoms with Gasteiger partial charge in [-0.15, -0.1) is 0 Å². The van der Waals surface area contributed by atoms with E-state index in [1.54, 1.807) is 0 Å². The fraction of sp³-hybridized carbons (Fsp3) is 0.600. The second-order valence-electron chi connectivity index (χ2n) is 5.34. The molecule has 0 heterocycles. The van der Waals surface area contributed by atoms with Gasteiger partial charge in [0.1, 0.15) is 0 Å². The minimum atomic E-state index is 0.597. The van der Waals surface area contributed by atoms with Gasteiger partial charge in [-0.25, -0.2) is 0 Å². The Labute approximate surface area is 100 Å². The van der Waals surface area contributed by atoms with Gasteiger partial charge < -0.3 is 5.32 Å².